The monoisotopic (exact) mass is 874 g/mol. The van der Waals surface area contributed by atoms with Crippen LogP contribution in [0.15, 0.2) is 89.0 Å². The van der Waals surface area contributed by atoms with E-state index in [1.54, 1.807) is 23.6 Å². The van der Waals surface area contributed by atoms with Crippen LogP contribution < -0.4 is 14.8 Å². The van der Waals surface area contributed by atoms with Crippen LogP contribution in [0.1, 0.15) is 73.1 Å². The molecule has 14 nitrogen and oxygen atoms in total. The smallest absolute Gasteiger partial charge is 0.254 e. The summed E-state index contributed by atoms with van der Waals surface area (Å²) in [4.78, 5) is 43.6. The Labute approximate surface area is 371 Å². The van der Waals surface area contributed by atoms with Crippen molar-refractivity contribution in [1.29, 1.82) is 0 Å². The Morgan fingerprint density at radius 2 is 1.67 bits per heavy atom. The van der Waals surface area contributed by atoms with Gasteiger partial charge in [0, 0.05) is 36.3 Å². The first-order valence-electron chi connectivity index (χ1n) is 21.2. The van der Waals surface area contributed by atoms with E-state index in [9.17, 15) is 14.7 Å². The largest absolute Gasteiger partial charge is 0.491 e. The number of hydrogen-bond donors (Lipinski definition) is 2. The van der Waals surface area contributed by atoms with E-state index in [1.165, 1.54) is 4.90 Å². The van der Waals surface area contributed by atoms with Gasteiger partial charge in [0.25, 0.3) is 5.88 Å². The Morgan fingerprint density at radius 3 is 2.40 bits per heavy atom. The van der Waals surface area contributed by atoms with Gasteiger partial charge in [-0.05, 0) is 91.0 Å². The van der Waals surface area contributed by atoms with Crippen molar-refractivity contribution >= 4 is 46.2 Å². The van der Waals surface area contributed by atoms with Gasteiger partial charge in [-0.3, -0.25) is 14.6 Å². The minimum absolute atomic E-state index is 0.0411. The number of fused-ring (bicyclic) bond motifs is 1. The Balaban J connectivity index is 0.801. The van der Waals surface area contributed by atoms with Crippen molar-refractivity contribution in [2.45, 2.75) is 65.1 Å². The number of likely N-dealkylation sites (tertiary alicyclic amines) is 1. The lowest BCUT2D eigenvalue weighted by Crippen LogP contribution is -2.48. The van der Waals surface area contributed by atoms with Gasteiger partial charge in [0.2, 0.25) is 11.8 Å². The Hall–Kier alpha value is -6.00. The Morgan fingerprint density at radius 1 is 0.905 bits per heavy atom. The highest BCUT2D eigenvalue weighted by molar-refractivity contribution is 7.13. The molecule has 2 N–H and O–H groups in total. The summed E-state index contributed by atoms with van der Waals surface area (Å²) in [6.45, 7) is 11.7. The average molecular weight is 875 g/mol. The average Bonchev–Trinajstić information content (AvgIpc) is 4.03. The molecule has 7 rings (SSSR count). The van der Waals surface area contributed by atoms with Crippen LogP contribution in [0.3, 0.4) is 0 Å². The van der Waals surface area contributed by atoms with Crippen LogP contribution in [0.25, 0.3) is 33.5 Å². The summed E-state index contributed by atoms with van der Waals surface area (Å²) in [5.74, 6) is -0.294. The number of rotatable bonds is 20. The number of pyridine rings is 2. The maximum atomic E-state index is 14.1. The van der Waals surface area contributed by atoms with Crippen molar-refractivity contribution in [3.63, 3.8) is 0 Å². The zero-order valence-electron chi connectivity index (χ0n) is 36.2. The topological polar surface area (TPSA) is 171 Å². The molecule has 0 spiro atoms. The number of aliphatic hydroxyl groups excluding tert-OH is 1. The number of amides is 2. The lowest BCUT2D eigenvalue weighted by atomic mass is 9.91. The van der Waals surface area contributed by atoms with Gasteiger partial charge < -0.3 is 38.8 Å². The second kappa shape index (κ2) is 21.4. The van der Waals surface area contributed by atoms with Gasteiger partial charge in [0.1, 0.15) is 30.9 Å². The van der Waals surface area contributed by atoms with Crippen molar-refractivity contribution in [1.82, 2.24) is 30.3 Å². The molecule has 1 aliphatic rings. The van der Waals surface area contributed by atoms with Crippen molar-refractivity contribution in [2.24, 2.45) is 5.92 Å². The third-order valence-electron chi connectivity index (χ3n) is 10.8. The fourth-order valence-electron chi connectivity index (χ4n) is 7.50. The molecular weight excluding hydrogens is 821 g/mol. The molecule has 0 aliphatic carbocycles. The quantitative estimate of drug-likeness (QED) is 0.0722. The molecule has 4 aromatic heterocycles. The van der Waals surface area contributed by atoms with Gasteiger partial charge in [-0.25, -0.2) is 9.97 Å². The fraction of sp³-hybridized carbons (Fsp3) is 0.375. The third-order valence-corrected chi connectivity index (χ3v) is 11.8. The third kappa shape index (κ3) is 11.9. The number of hydrogen-bond acceptors (Lipinski definition) is 13. The molecule has 0 saturated carbocycles. The van der Waals surface area contributed by atoms with Crippen LogP contribution in [-0.2, 0) is 19.1 Å². The molecule has 5 heterocycles. The van der Waals surface area contributed by atoms with E-state index < -0.39 is 18.1 Å². The zero-order valence-corrected chi connectivity index (χ0v) is 37.0. The number of thiazole rings is 1. The molecule has 1 fully saturated rings. The second-order valence-corrected chi connectivity index (χ2v) is 16.7. The summed E-state index contributed by atoms with van der Waals surface area (Å²) in [5, 5.41) is 18.7. The summed E-state index contributed by atoms with van der Waals surface area (Å²) in [6.07, 6.45) is 5.12. The molecule has 6 aromatic rings. The van der Waals surface area contributed by atoms with Crippen molar-refractivity contribution in [3.8, 4) is 22.1 Å². The number of carbonyl (C=O) groups excluding carboxylic acids is 2. The molecule has 4 atom stereocenters. The lowest BCUT2D eigenvalue weighted by molar-refractivity contribution is -0.141. The van der Waals surface area contributed by atoms with Crippen molar-refractivity contribution in [3.05, 3.63) is 118 Å². The highest BCUT2D eigenvalue weighted by atomic mass is 32.1. The van der Waals surface area contributed by atoms with Crippen LogP contribution in [0.4, 0.5) is 0 Å². The van der Waals surface area contributed by atoms with Crippen molar-refractivity contribution in [2.75, 3.05) is 46.2 Å². The van der Waals surface area contributed by atoms with E-state index in [0.717, 1.165) is 55.3 Å². The predicted octanol–water partition coefficient (Wildman–Crippen LogP) is 7.60. The van der Waals surface area contributed by atoms with Gasteiger partial charge in [-0.1, -0.05) is 50.3 Å². The van der Waals surface area contributed by atoms with E-state index in [1.807, 2.05) is 119 Å². The molecule has 0 radical (unpaired) electrons. The molecule has 330 valence electrons. The highest BCUT2D eigenvalue weighted by Crippen LogP contribution is 2.33. The second-order valence-electron chi connectivity index (χ2n) is 15.9. The van der Waals surface area contributed by atoms with Crippen LogP contribution in [-0.4, -0.2) is 100 Å². The van der Waals surface area contributed by atoms with Crippen LogP contribution in [0, 0.1) is 19.8 Å². The molecule has 2 aromatic carbocycles. The fourth-order valence-corrected chi connectivity index (χ4v) is 8.31. The van der Waals surface area contributed by atoms with Gasteiger partial charge in [0.05, 0.1) is 65.9 Å². The Kier molecular flexibility index (Phi) is 15.3. The normalized spacial score (nSPS) is 16.2. The Bertz CT molecular complexity index is 2490. The molecule has 0 bridgehead atoms. The number of carbonyl (C=O) groups is 2. The molecular formula is C48H54N6O8S. The number of aromatic nitrogens is 4. The summed E-state index contributed by atoms with van der Waals surface area (Å²) >= 11 is 1.59. The highest BCUT2D eigenvalue weighted by Gasteiger charge is 2.43. The number of aliphatic hydroxyl groups is 1. The minimum atomic E-state index is -0.837. The van der Waals surface area contributed by atoms with Crippen LogP contribution >= 0.6 is 11.3 Å². The molecule has 63 heavy (non-hydrogen) atoms. The standard InChI is InChI=1S/C48H54N6O8S/c1-30(2)45(48(57)54-28-39(55)26-42(54)47(56)51-32(4)35-7-9-36(10-8-35)46-33(5)50-29-63-46)43-27-44(53-62-43)61-23-21-59-19-18-58-20-22-60-40-14-15-41-37(25-40)11-13-38(52-41)12-6-34-16-17-49-31(3)24-34/h6-17,24-25,27,29-30,32,39,42,45,55H,18-23,26,28H2,1-5H3,(H,51,56)/b12-6+/t32-,39+,42-,45+/m0/s1. The number of nitrogens with one attached hydrogen (secondary N) is 1. The summed E-state index contributed by atoms with van der Waals surface area (Å²) in [7, 11) is 0. The first-order valence-corrected chi connectivity index (χ1v) is 22.1. The number of nitrogens with zero attached hydrogens (tertiary/aromatic N) is 5. The van der Waals surface area contributed by atoms with Gasteiger partial charge in [-0.2, -0.15) is 0 Å². The van der Waals surface area contributed by atoms with E-state index in [2.05, 4.69) is 20.4 Å². The maximum absolute atomic E-state index is 14.1. The SMILES string of the molecule is Cc1cc(/C=C/c2ccc3cc(OCCOCCOCCOc4cc([C@H](C(=O)N5C[C@H](O)C[C@H]5C(=O)N[C@@H](C)c5ccc(-c6scnc6C)cc5)C(C)C)on4)ccc3n2)ccn1. The van der Waals surface area contributed by atoms with Crippen molar-refractivity contribution < 1.29 is 38.2 Å². The van der Waals surface area contributed by atoms with E-state index in [-0.39, 0.29) is 55.8 Å². The summed E-state index contributed by atoms with van der Waals surface area (Å²) in [5.41, 5.74) is 8.59. The first-order chi connectivity index (χ1) is 30.5. The lowest BCUT2D eigenvalue weighted by Gasteiger charge is -2.29. The zero-order chi connectivity index (χ0) is 44.3. The van der Waals surface area contributed by atoms with E-state index in [0.29, 0.717) is 32.2 Å². The van der Waals surface area contributed by atoms with Crippen LogP contribution in [0.5, 0.6) is 11.6 Å². The molecule has 15 heteroatoms. The molecule has 2 amide bonds. The predicted molar refractivity (Wildman–Crippen MR) is 241 cm³/mol. The van der Waals surface area contributed by atoms with Crippen LogP contribution in [0.2, 0.25) is 0 Å². The van der Waals surface area contributed by atoms with E-state index in [4.69, 9.17) is 28.5 Å². The minimum Gasteiger partial charge on any atom is -0.491 e. The van der Waals surface area contributed by atoms with Gasteiger partial charge >= 0.3 is 0 Å². The number of aryl methyl sites for hydroxylation is 2. The van der Waals surface area contributed by atoms with Gasteiger partial charge in [0.15, 0.2) is 5.76 Å². The molecule has 0 unspecified atom stereocenters. The number of benzene rings is 2. The maximum Gasteiger partial charge on any atom is 0.254 e. The first kappa shape index (κ1) is 45.0. The number of β-amino-alcohol motifs (C(OH)–C–C–N with tert-alkyl or cyclic N) is 1. The van der Waals surface area contributed by atoms with E-state index >= 15 is 0 Å². The summed E-state index contributed by atoms with van der Waals surface area (Å²) < 4.78 is 28.6. The summed E-state index contributed by atoms with van der Waals surface area (Å²) in [6, 6.07) is 22.3. The molecule has 1 saturated heterocycles. The number of ether oxygens (including phenoxy) is 4. The van der Waals surface area contributed by atoms with Gasteiger partial charge in [-0.15, -0.1) is 11.3 Å². The molecule has 1 aliphatic heterocycles.